The Morgan fingerprint density at radius 2 is 1.85 bits per heavy atom. The lowest BCUT2D eigenvalue weighted by molar-refractivity contribution is 0.482. The van der Waals surface area contributed by atoms with Gasteiger partial charge in [-0.2, -0.15) is 0 Å². The van der Waals surface area contributed by atoms with Crippen molar-refractivity contribution in [1.82, 2.24) is 5.32 Å². The van der Waals surface area contributed by atoms with Crippen LogP contribution in [-0.2, 0) is 16.3 Å². The van der Waals surface area contributed by atoms with Gasteiger partial charge in [0.05, 0.1) is 5.25 Å². The van der Waals surface area contributed by atoms with Crippen molar-refractivity contribution in [2.24, 2.45) is 0 Å². The molecule has 2 unspecified atom stereocenters. The van der Waals surface area contributed by atoms with Gasteiger partial charge in [-0.15, -0.1) is 0 Å². The fourth-order valence-electron chi connectivity index (χ4n) is 2.22. The first-order chi connectivity index (χ1) is 9.25. The lowest BCUT2D eigenvalue weighted by atomic mass is 9.99. The summed E-state index contributed by atoms with van der Waals surface area (Å²) in [6, 6.07) is 6.32. The van der Waals surface area contributed by atoms with Crippen LogP contribution in [0.5, 0.6) is 0 Å². The molecule has 0 amide bonds. The third-order valence-electron chi connectivity index (χ3n) is 3.93. The number of benzene rings is 1. The Morgan fingerprint density at radius 3 is 2.35 bits per heavy atom. The summed E-state index contributed by atoms with van der Waals surface area (Å²) in [5, 5.41) is 3.00. The molecule has 3 nitrogen and oxygen atoms in total. The van der Waals surface area contributed by atoms with Crippen LogP contribution in [0.25, 0.3) is 0 Å². The normalized spacial score (nSPS) is 15.1. The van der Waals surface area contributed by atoms with Crippen molar-refractivity contribution in [2.45, 2.75) is 51.8 Å². The zero-order valence-corrected chi connectivity index (χ0v) is 14.0. The van der Waals surface area contributed by atoms with E-state index in [1.165, 1.54) is 22.9 Å². The van der Waals surface area contributed by atoms with E-state index in [-0.39, 0.29) is 11.3 Å². The van der Waals surface area contributed by atoms with Crippen molar-refractivity contribution in [3.8, 4) is 0 Å². The summed E-state index contributed by atoms with van der Waals surface area (Å²) in [4.78, 5) is 0. The van der Waals surface area contributed by atoms with Gasteiger partial charge in [0, 0.05) is 12.3 Å². The molecule has 20 heavy (non-hydrogen) atoms. The van der Waals surface area contributed by atoms with E-state index < -0.39 is 9.84 Å². The molecule has 1 aromatic rings. The topological polar surface area (TPSA) is 46.2 Å². The molecule has 2 atom stereocenters. The molecule has 0 heterocycles. The summed E-state index contributed by atoms with van der Waals surface area (Å²) in [5.41, 5.74) is 3.71. The fourth-order valence-corrected chi connectivity index (χ4v) is 3.01. The van der Waals surface area contributed by atoms with Crippen LogP contribution in [0.1, 0.15) is 37.0 Å². The molecule has 0 bridgehead atoms. The highest BCUT2D eigenvalue weighted by Crippen LogP contribution is 2.15. The smallest absolute Gasteiger partial charge is 0.151 e. The van der Waals surface area contributed by atoms with Crippen molar-refractivity contribution in [1.29, 1.82) is 0 Å². The zero-order chi connectivity index (χ0) is 15.3. The number of aryl methyl sites for hydroxylation is 2. The highest BCUT2D eigenvalue weighted by Gasteiger charge is 2.25. The summed E-state index contributed by atoms with van der Waals surface area (Å²) in [6.07, 6.45) is 3.06. The van der Waals surface area contributed by atoms with Gasteiger partial charge in [0.2, 0.25) is 0 Å². The Kier molecular flexibility index (Phi) is 6.21. The largest absolute Gasteiger partial charge is 0.312 e. The zero-order valence-electron chi connectivity index (χ0n) is 13.2. The summed E-state index contributed by atoms with van der Waals surface area (Å²) in [7, 11) is -3.03. The van der Waals surface area contributed by atoms with E-state index >= 15 is 0 Å². The Balaban J connectivity index is 2.91. The van der Waals surface area contributed by atoms with Crippen LogP contribution in [0.2, 0.25) is 0 Å². The minimum absolute atomic E-state index is 0.0351. The molecule has 0 aliphatic rings. The first-order valence-corrected chi connectivity index (χ1v) is 9.19. The highest BCUT2D eigenvalue weighted by atomic mass is 32.2. The SMILES string of the molecule is CCCNC(Cc1ccc(C)c(C)c1)C(C)S(C)(=O)=O. The first-order valence-electron chi connectivity index (χ1n) is 7.24. The van der Waals surface area contributed by atoms with Crippen LogP contribution >= 0.6 is 0 Å². The van der Waals surface area contributed by atoms with Crippen molar-refractivity contribution in [3.05, 3.63) is 34.9 Å². The molecule has 0 radical (unpaired) electrons. The minimum Gasteiger partial charge on any atom is -0.312 e. The molecule has 0 saturated heterocycles. The molecule has 1 aromatic carbocycles. The van der Waals surface area contributed by atoms with E-state index in [0.717, 1.165) is 19.4 Å². The van der Waals surface area contributed by atoms with E-state index in [0.29, 0.717) is 0 Å². The Hall–Kier alpha value is -0.870. The summed E-state index contributed by atoms with van der Waals surface area (Å²) < 4.78 is 23.6. The van der Waals surface area contributed by atoms with Crippen LogP contribution in [-0.4, -0.2) is 32.5 Å². The van der Waals surface area contributed by atoms with Gasteiger partial charge in [-0.05, 0) is 56.8 Å². The van der Waals surface area contributed by atoms with Gasteiger partial charge in [-0.25, -0.2) is 8.42 Å². The lowest BCUT2D eigenvalue weighted by Crippen LogP contribution is -2.44. The number of hydrogen-bond acceptors (Lipinski definition) is 3. The summed E-state index contributed by atoms with van der Waals surface area (Å²) >= 11 is 0. The quantitative estimate of drug-likeness (QED) is 0.841. The first kappa shape index (κ1) is 17.2. The monoisotopic (exact) mass is 297 g/mol. The van der Waals surface area contributed by atoms with Crippen LogP contribution in [0, 0.1) is 13.8 Å². The van der Waals surface area contributed by atoms with Gasteiger partial charge < -0.3 is 5.32 Å². The van der Waals surface area contributed by atoms with E-state index in [1.807, 2.05) is 0 Å². The second-order valence-electron chi connectivity index (χ2n) is 5.72. The molecule has 1 rings (SSSR count). The molecule has 0 spiro atoms. The predicted octanol–water partition coefficient (Wildman–Crippen LogP) is 2.65. The summed E-state index contributed by atoms with van der Waals surface area (Å²) in [5.74, 6) is 0. The highest BCUT2D eigenvalue weighted by molar-refractivity contribution is 7.91. The molecule has 4 heteroatoms. The maximum atomic E-state index is 11.8. The van der Waals surface area contributed by atoms with Gasteiger partial charge in [-0.3, -0.25) is 0 Å². The number of rotatable bonds is 7. The van der Waals surface area contributed by atoms with Gasteiger partial charge in [0.1, 0.15) is 0 Å². The molecular weight excluding hydrogens is 270 g/mol. The number of sulfone groups is 1. The molecule has 114 valence electrons. The van der Waals surface area contributed by atoms with Gasteiger partial charge in [0.15, 0.2) is 9.84 Å². The van der Waals surface area contributed by atoms with E-state index in [4.69, 9.17) is 0 Å². The minimum atomic E-state index is -3.03. The molecule has 0 aliphatic carbocycles. The molecule has 0 aliphatic heterocycles. The predicted molar refractivity (Wildman–Crippen MR) is 86.0 cm³/mol. The Morgan fingerprint density at radius 1 is 1.20 bits per heavy atom. The fraction of sp³-hybridized carbons (Fsp3) is 0.625. The number of nitrogens with one attached hydrogen (secondary N) is 1. The van der Waals surface area contributed by atoms with E-state index in [1.54, 1.807) is 6.92 Å². The maximum Gasteiger partial charge on any atom is 0.151 e. The van der Waals surface area contributed by atoms with Gasteiger partial charge in [-0.1, -0.05) is 25.1 Å². The van der Waals surface area contributed by atoms with E-state index in [9.17, 15) is 8.42 Å². The molecule has 0 saturated carbocycles. The van der Waals surface area contributed by atoms with Gasteiger partial charge >= 0.3 is 0 Å². The molecule has 0 fully saturated rings. The van der Waals surface area contributed by atoms with Crippen molar-refractivity contribution < 1.29 is 8.42 Å². The molecular formula is C16H27NO2S. The second-order valence-corrected chi connectivity index (χ2v) is 8.12. The average Bonchev–Trinajstić information content (AvgIpc) is 2.36. The third-order valence-corrected chi connectivity index (χ3v) is 5.60. The second kappa shape index (κ2) is 7.23. The van der Waals surface area contributed by atoms with Crippen molar-refractivity contribution >= 4 is 9.84 Å². The maximum absolute atomic E-state index is 11.8. The van der Waals surface area contributed by atoms with Crippen molar-refractivity contribution in [2.75, 3.05) is 12.8 Å². The van der Waals surface area contributed by atoms with Crippen LogP contribution in [0.15, 0.2) is 18.2 Å². The third kappa shape index (κ3) is 4.91. The van der Waals surface area contributed by atoms with Crippen LogP contribution in [0.4, 0.5) is 0 Å². The van der Waals surface area contributed by atoms with E-state index in [2.05, 4.69) is 44.3 Å². The van der Waals surface area contributed by atoms with Crippen LogP contribution in [0.3, 0.4) is 0 Å². The Bertz CT molecular complexity index is 537. The molecule has 1 N–H and O–H groups in total. The summed E-state index contributed by atoms with van der Waals surface area (Å²) in [6.45, 7) is 8.91. The van der Waals surface area contributed by atoms with Crippen LogP contribution < -0.4 is 5.32 Å². The average molecular weight is 297 g/mol. The van der Waals surface area contributed by atoms with Crippen molar-refractivity contribution in [3.63, 3.8) is 0 Å². The number of hydrogen-bond donors (Lipinski definition) is 1. The standard InChI is InChI=1S/C16H27NO2S/c1-6-9-17-16(14(4)20(5,18)19)11-15-8-7-12(2)13(3)10-15/h7-8,10,14,16-17H,6,9,11H2,1-5H3. The molecule has 0 aromatic heterocycles. The lowest BCUT2D eigenvalue weighted by Gasteiger charge is -2.24. The van der Waals surface area contributed by atoms with Gasteiger partial charge in [0.25, 0.3) is 0 Å². The Labute approximate surface area is 123 Å².